The Morgan fingerprint density at radius 3 is 2.83 bits per heavy atom. The molecule has 0 radical (unpaired) electrons. The second-order valence-electron chi connectivity index (χ2n) is 5.81. The van der Waals surface area contributed by atoms with E-state index in [2.05, 4.69) is 0 Å². The van der Waals surface area contributed by atoms with Crippen molar-refractivity contribution in [3.8, 4) is 11.5 Å². The standard InChI is InChI=1S/C19H21NO4/c1-20(10-12-24-16-7-5-15(21)6-8-16)19(22)18-4-2-3-14-13-23-11-9-17(14)18/h2-8,21H,9-13H2,1H3. The van der Waals surface area contributed by atoms with Gasteiger partial charge in [0.15, 0.2) is 0 Å². The first-order chi connectivity index (χ1) is 11.6. The van der Waals surface area contributed by atoms with Gasteiger partial charge in [0.25, 0.3) is 5.91 Å². The van der Waals surface area contributed by atoms with Crippen LogP contribution in [0.4, 0.5) is 0 Å². The summed E-state index contributed by atoms with van der Waals surface area (Å²) in [5.74, 6) is 0.874. The van der Waals surface area contributed by atoms with Gasteiger partial charge in [-0.25, -0.2) is 0 Å². The number of carbonyl (C=O) groups is 1. The molecule has 0 unspecified atom stereocenters. The normalized spacial score (nSPS) is 13.2. The molecule has 0 spiro atoms. The number of aromatic hydroxyl groups is 1. The highest BCUT2D eigenvalue weighted by atomic mass is 16.5. The number of phenolic OH excluding ortho intramolecular Hbond substituents is 1. The van der Waals surface area contributed by atoms with E-state index in [4.69, 9.17) is 9.47 Å². The first-order valence-corrected chi connectivity index (χ1v) is 8.01. The molecule has 1 N–H and O–H groups in total. The minimum Gasteiger partial charge on any atom is -0.508 e. The molecule has 5 heteroatoms. The molecule has 24 heavy (non-hydrogen) atoms. The summed E-state index contributed by atoms with van der Waals surface area (Å²) in [7, 11) is 1.78. The average Bonchev–Trinajstić information content (AvgIpc) is 2.62. The van der Waals surface area contributed by atoms with Crippen LogP contribution in [-0.4, -0.2) is 42.7 Å². The van der Waals surface area contributed by atoms with Gasteiger partial charge in [-0.2, -0.15) is 0 Å². The van der Waals surface area contributed by atoms with Crippen molar-refractivity contribution in [2.45, 2.75) is 13.0 Å². The highest BCUT2D eigenvalue weighted by Gasteiger charge is 2.20. The predicted molar refractivity (Wildman–Crippen MR) is 90.4 cm³/mol. The van der Waals surface area contributed by atoms with Crippen molar-refractivity contribution in [1.82, 2.24) is 4.90 Å². The van der Waals surface area contributed by atoms with Gasteiger partial charge in [0.1, 0.15) is 18.1 Å². The summed E-state index contributed by atoms with van der Waals surface area (Å²) in [6, 6.07) is 12.3. The molecule has 1 aliphatic rings. The number of benzene rings is 2. The van der Waals surface area contributed by atoms with E-state index in [9.17, 15) is 9.90 Å². The highest BCUT2D eigenvalue weighted by Crippen LogP contribution is 2.22. The number of ether oxygens (including phenoxy) is 2. The number of likely N-dealkylation sites (N-methyl/N-ethyl adjacent to an activating group) is 1. The van der Waals surface area contributed by atoms with Crippen LogP contribution in [0.25, 0.3) is 0 Å². The van der Waals surface area contributed by atoms with Gasteiger partial charge in [-0.3, -0.25) is 4.79 Å². The maximum Gasteiger partial charge on any atom is 0.254 e. The number of phenols is 1. The summed E-state index contributed by atoms with van der Waals surface area (Å²) < 4.78 is 11.1. The highest BCUT2D eigenvalue weighted by molar-refractivity contribution is 5.96. The quantitative estimate of drug-likeness (QED) is 0.917. The average molecular weight is 327 g/mol. The van der Waals surface area contributed by atoms with Crippen LogP contribution < -0.4 is 4.74 Å². The Kier molecular flexibility index (Phi) is 5.01. The van der Waals surface area contributed by atoms with E-state index >= 15 is 0 Å². The fourth-order valence-electron chi connectivity index (χ4n) is 2.77. The van der Waals surface area contributed by atoms with Crippen molar-refractivity contribution in [1.29, 1.82) is 0 Å². The lowest BCUT2D eigenvalue weighted by Gasteiger charge is -2.23. The molecular weight excluding hydrogens is 306 g/mol. The van der Waals surface area contributed by atoms with Crippen molar-refractivity contribution >= 4 is 5.91 Å². The zero-order chi connectivity index (χ0) is 16.9. The van der Waals surface area contributed by atoms with Crippen LogP contribution in [0, 0.1) is 0 Å². The Balaban J connectivity index is 1.60. The summed E-state index contributed by atoms with van der Waals surface area (Å²) in [6.07, 6.45) is 0.773. The number of carbonyl (C=O) groups excluding carboxylic acids is 1. The van der Waals surface area contributed by atoms with Gasteiger partial charge in [0, 0.05) is 12.6 Å². The Morgan fingerprint density at radius 1 is 1.25 bits per heavy atom. The molecule has 0 aromatic heterocycles. The van der Waals surface area contributed by atoms with E-state index in [1.54, 1.807) is 36.2 Å². The molecule has 2 aromatic carbocycles. The predicted octanol–water partition coefficient (Wildman–Crippen LogP) is 2.62. The third-order valence-corrected chi connectivity index (χ3v) is 4.14. The van der Waals surface area contributed by atoms with Crippen molar-refractivity contribution < 1.29 is 19.4 Å². The van der Waals surface area contributed by atoms with E-state index < -0.39 is 0 Å². The van der Waals surface area contributed by atoms with Gasteiger partial charge in [-0.05, 0) is 47.9 Å². The number of amides is 1. The van der Waals surface area contributed by atoms with Crippen molar-refractivity contribution in [2.24, 2.45) is 0 Å². The number of fused-ring (bicyclic) bond motifs is 1. The first kappa shape index (κ1) is 16.3. The Bertz CT molecular complexity index is 712. The molecule has 0 fully saturated rings. The third-order valence-electron chi connectivity index (χ3n) is 4.14. The maximum absolute atomic E-state index is 12.7. The largest absolute Gasteiger partial charge is 0.508 e. The molecule has 0 bridgehead atoms. The molecule has 1 heterocycles. The minimum atomic E-state index is 0.00283. The summed E-state index contributed by atoms with van der Waals surface area (Å²) >= 11 is 0. The van der Waals surface area contributed by atoms with Crippen LogP contribution >= 0.6 is 0 Å². The molecule has 1 amide bonds. The van der Waals surface area contributed by atoms with Crippen molar-refractivity contribution in [3.05, 3.63) is 59.2 Å². The van der Waals surface area contributed by atoms with Crippen LogP contribution in [0.3, 0.4) is 0 Å². The van der Waals surface area contributed by atoms with Gasteiger partial charge >= 0.3 is 0 Å². The zero-order valence-electron chi connectivity index (χ0n) is 13.7. The molecule has 126 valence electrons. The molecule has 5 nitrogen and oxygen atoms in total. The van der Waals surface area contributed by atoms with Gasteiger partial charge < -0.3 is 19.5 Å². The van der Waals surface area contributed by atoms with Crippen LogP contribution in [0.2, 0.25) is 0 Å². The first-order valence-electron chi connectivity index (χ1n) is 8.01. The summed E-state index contributed by atoms with van der Waals surface area (Å²) in [4.78, 5) is 14.4. The molecule has 2 aromatic rings. The number of nitrogens with zero attached hydrogens (tertiary/aromatic N) is 1. The van der Waals surface area contributed by atoms with Crippen LogP contribution in [0.1, 0.15) is 21.5 Å². The fraction of sp³-hybridized carbons (Fsp3) is 0.316. The lowest BCUT2D eigenvalue weighted by molar-refractivity contribution is 0.0766. The Morgan fingerprint density at radius 2 is 2.04 bits per heavy atom. The van der Waals surface area contributed by atoms with Crippen LogP contribution in [0.15, 0.2) is 42.5 Å². The van der Waals surface area contributed by atoms with E-state index in [1.807, 2.05) is 18.2 Å². The van der Waals surface area contributed by atoms with E-state index in [-0.39, 0.29) is 11.7 Å². The number of hydrogen-bond donors (Lipinski definition) is 1. The molecule has 0 saturated carbocycles. The lowest BCUT2D eigenvalue weighted by atomic mass is 9.96. The Hall–Kier alpha value is -2.53. The molecule has 3 rings (SSSR count). The number of rotatable bonds is 5. The van der Waals surface area contributed by atoms with Crippen molar-refractivity contribution in [2.75, 3.05) is 26.8 Å². The second-order valence-corrected chi connectivity index (χ2v) is 5.81. The summed E-state index contributed by atoms with van der Waals surface area (Å²) in [6.45, 7) is 2.11. The molecule has 0 saturated heterocycles. The van der Waals surface area contributed by atoms with E-state index in [1.165, 1.54) is 0 Å². The SMILES string of the molecule is CN(CCOc1ccc(O)cc1)C(=O)c1cccc2c1CCOC2. The topological polar surface area (TPSA) is 59.0 Å². The fourth-order valence-corrected chi connectivity index (χ4v) is 2.77. The van der Waals surface area contributed by atoms with E-state index in [0.29, 0.717) is 32.1 Å². The monoisotopic (exact) mass is 327 g/mol. The van der Waals surface area contributed by atoms with Gasteiger partial charge in [0.2, 0.25) is 0 Å². The minimum absolute atomic E-state index is 0.00283. The van der Waals surface area contributed by atoms with Gasteiger partial charge in [0.05, 0.1) is 19.8 Å². The van der Waals surface area contributed by atoms with Crippen LogP contribution in [0.5, 0.6) is 11.5 Å². The van der Waals surface area contributed by atoms with Gasteiger partial charge in [-0.1, -0.05) is 12.1 Å². The zero-order valence-corrected chi connectivity index (χ0v) is 13.7. The van der Waals surface area contributed by atoms with Crippen molar-refractivity contribution in [3.63, 3.8) is 0 Å². The lowest BCUT2D eigenvalue weighted by Crippen LogP contribution is -2.32. The molecule has 0 aliphatic carbocycles. The Labute approximate surface area is 141 Å². The molecule has 1 aliphatic heterocycles. The molecular formula is C19H21NO4. The maximum atomic E-state index is 12.7. The summed E-state index contributed by atoms with van der Waals surface area (Å²) in [5, 5.41) is 9.25. The van der Waals surface area contributed by atoms with Gasteiger partial charge in [-0.15, -0.1) is 0 Å². The van der Waals surface area contributed by atoms with E-state index in [0.717, 1.165) is 23.1 Å². The van der Waals surface area contributed by atoms with Crippen LogP contribution in [-0.2, 0) is 17.8 Å². The summed E-state index contributed by atoms with van der Waals surface area (Å²) in [5.41, 5.74) is 2.95. The second kappa shape index (κ2) is 7.36. The smallest absolute Gasteiger partial charge is 0.254 e. The molecule has 0 atom stereocenters. The third kappa shape index (κ3) is 3.68. The number of hydrogen-bond acceptors (Lipinski definition) is 4.